The normalized spacial score (nSPS) is 5.40. The first kappa shape index (κ1) is 63.0. The van der Waals surface area contributed by atoms with Gasteiger partial charge >= 0.3 is 139 Å². The zero-order valence-corrected chi connectivity index (χ0v) is 23.4. The van der Waals surface area contributed by atoms with Gasteiger partial charge in [-0.15, -0.1) is 0 Å². The summed E-state index contributed by atoms with van der Waals surface area (Å²) in [6.45, 7) is 0. The minimum Gasteiger partial charge on any atom is -0.907 e. The number of hydrogen-bond donors (Lipinski definition) is 5. The molecule has 0 aromatic heterocycles. The quantitative estimate of drug-likeness (QED) is 0.115. The van der Waals surface area contributed by atoms with Crippen molar-refractivity contribution in [2.24, 2.45) is 0 Å². The Balaban J connectivity index is -0.0000000134. The number of hydrogen-bond acceptors (Lipinski definition) is 15. The maximum atomic E-state index is 8.64. The maximum absolute atomic E-state index is 8.64. The van der Waals surface area contributed by atoms with E-state index in [0.29, 0.717) is 0 Å². The van der Waals surface area contributed by atoms with E-state index in [9.17, 15) is 0 Å². The molecule has 2 radical (unpaired) electrons. The van der Waals surface area contributed by atoms with Gasteiger partial charge < -0.3 is 75.4 Å². The van der Waals surface area contributed by atoms with Gasteiger partial charge in [0.05, 0.1) is 0 Å². The summed E-state index contributed by atoms with van der Waals surface area (Å²) in [5.41, 5.74) is 0. The minimum absolute atomic E-state index is 0. The second-order valence-electron chi connectivity index (χ2n) is 1.54. The molecule has 0 heterocycles. The third-order valence-corrected chi connectivity index (χ3v) is 0. The SMILES string of the molecule is OB(O)O.P.[Ce+3].[Gd+3].[Mg+2].[O-]B(O)O.[O-]B([O-])[O-].[O-]B([O-])[O-].[O-]B([O-])[O-].[Zn+2]. The van der Waals surface area contributed by atoms with Crippen LogP contribution in [-0.4, -0.2) is 84.8 Å². The zero-order valence-electron chi connectivity index (χ0n) is 12.2. The van der Waals surface area contributed by atoms with Crippen molar-refractivity contribution in [3.8, 4) is 0 Å². The molecular weight excluding hydrogens is 712 g/mol. The van der Waals surface area contributed by atoms with Crippen molar-refractivity contribution in [3.05, 3.63) is 0 Å². The third-order valence-electron chi connectivity index (χ3n) is 0. The molecule has 0 aromatic rings. The summed E-state index contributed by atoms with van der Waals surface area (Å²) in [6.07, 6.45) is 0. The smallest absolute Gasteiger partial charge is 0.907 e. The molecule has 0 fully saturated rings. The molecule has 0 saturated carbocycles. The van der Waals surface area contributed by atoms with E-state index in [2.05, 4.69) is 0 Å². The summed E-state index contributed by atoms with van der Waals surface area (Å²) >= 11 is 0. The van der Waals surface area contributed by atoms with Crippen molar-refractivity contribution in [2.75, 3.05) is 0 Å². The van der Waals surface area contributed by atoms with Gasteiger partial charge in [-0.25, -0.2) is 0 Å². The molecular formula is H8B5CeGdMgO15PZn. The van der Waals surface area contributed by atoms with Gasteiger partial charge in [0.25, 0.3) is 0 Å². The molecule has 134 valence electrons. The summed E-state index contributed by atoms with van der Waals surface area (Å²) in [6, 6.07) is 0. The Morgan fingerprint density at radius 3 is 0.520 bits per heavy atom. The van der Waals surface area contributed by atoms with Crippen LogP contribution >= 0.6 is 9.90 Å². The second kappa shape index (κ2) is 56.6. The van der Waals surface area contributed by atoms with Crippen molar-refractivity contribution in [1.82, 2.24) is 0 Å². The fraction of sp³-hybridized carbons (Fsp3) is 0. The van der Waals surface area contributed by atoms with Gasteiger partial charge in [-0.2, -0.15) is 9.90 Å². The summed E-state index contributed by atoms with van der Waals surface area (Å²) in [5, 5.41) is 120. The average Bonchev–Trinajstić information content (AvgIpc) is 1.94. The molecule has 0 spiro atoms. The molecule has 15 nitrogen and oxygen atoms in total. The van der Waals surface area contributed by atoms with Gasteiger partial charge in [0, 0.05) is 0 Å². The van der Waals surface area contributed by atoms with Crippen LogP contribution in [0.1, 0.15) is 0 Å². The van der Waals surface area contributed by atoms with Crippen LogP contribution < -0.4 is 50.2 Å². The molecule has 0 rings (SSSR count). The topological polar surface area (TPSA) is 332 Å². The Morgan fingerprint density at radius 2 is 0.520 bits per heavy atom. The summed E-state index contributed by atoms with van der Waals surface area (Å²) in [7, 11) is -13.3. The van der Waals surface area contributed by atoms with Gasteiger partial charge in [0.2, 0.25) is 0 Å². The van der Waals surface area contributed by atoms with Gasteiger partial charge in [-0.3, -0.25) is 22.0 Å². The fourth-order valence-electron chi connectivity index (χ4n) is 0. The van der Waals surface area contributed by atoms with Crippen LogP contribution in [0.2, 0.25) is 0 Å². The average molecular weight is 720 g/mol. The summed E-state index contributed by atoms with van der Waals surface area (Å²) in [5.74, 6) is 0. The van der Waals surface area contributed by atoms with E-state index < -0.39 is 36.6 Å². The minimum atomic E-state index is -2.92. The zero-order chi connectivity index (χ0) is 17.9. The Morgan fingerprint density at radius 1 is 0.520 bits per heavy atom. The molecule has 0 aromatic carbocycles. The van der Waals surface area contributed by atoms with Crippen LogP contribution in [0.3, 0.4) is 0 Å². The molecule has 0 amide bonds. The third kappa shape index (κ3) is 1080. The van der Waals surface area contributed by atoms with E-state index in [-0.39, 0.29) is 134 Å². The maximum Gasteiger partial charge on any atom is 3.00 e. The van der Waals surface area contributed by atoms with Crippen LogP contribution in [0.25, 0.3) is 0 Å². The van der Waals surface area contributed by atoms with Crippen LogP contribution in [0.15, 0.2) is 0 Å². The molecule has 5 N–H and O–H groups in total. The van der Waals surface area contributed by atoms with E-state index in [0.717, 1.165) is 0 Å². The van der Waals surface area contributed by atoms with Crippen LogP contribution in [0, 0.1) is 81.7 Å². The molecule has 25 heteroatoms. The molecule has 25 heavy (non-hydrogen) atoms. The standard InChI is InChI=1S/BH3O3.BH2O3.3BO3.Ce.Gd.Mg.H3P.Zn/c5*2-1(3)4;;;;;/h2-4H;2-3H;;;;;;;1H3;/q;-1;3*-3;2*+3;+2;;+2. The molecule has 0 aliphatic rings. The predicted molar refractivity (Wildman–Crippen MR) is 56.7 cm³/mol. The Bertz CT molecular complexity index is 104. The van der Waals surface area contributed by atoms with Crippen molar-refractivity contribution >= 4 is 69.6 Å². The number of rotatable bonds is 0. The van der Waals surface area contributed by atoms with Gasteiger partial charge in [-0.05, 0) is 0 Å². The van der Waals surface area contributed by atoms with Crippen LogP contribution in [0.4, 0.5) is 0 Å². The molecule has 0 aliphatic carbocycles. The van der Waals surface area contributed by atoms with E-state index in [4.69, 9.17) is 75.4 Å². The van der Waals surface area contributed by atoms with Crippen molar-refractivity contribution in [3.63, 3.8) is 0 Å². The second-order valence-corrected chi connectivity index (χ2v) is 1.54. The van der Waals surface area contributed by atoms with Gasteiger partial charge in [0.15, 0.2) is 0 Å². The van der Waals surface area contributed by atoms with Gasteiger partial charge in [-0.1, -0.05) is 0 Å². The van der Waals surface area contributed by atoms with Crippen molar-refractivity contribution < 1.29 is 177 Å². The van der Waals surface area contributed by atoms with Crippen LogP contribution in [0.5, 0.6) is 0 Å². The Kier molecular flexibility index (Phi) is 143. The van der Waals surface area contributed by atoms with Crippen LogP contribution in [-0.2, 0) is 19.5 Å². The molecule has 0 bridgehead atoms. The van der Waals surface area contributed by atoms with Gasteiger partial charge in [0.1, 0.15) is 0 Å². The van der Waals surface area contributed by atoms with E-state index in [1.54, 1.807) is 0 Å². The monoisotopic (exact) mass is 720 g/mol. The molecule has 0 saturated heterocycles. The van der Waals surface area contributed by atoms with Crippen molar-refractivity contribution in [1.29, 1.82) is 0 Å². The first-order chi connectivity index (χ1) is 8.66. The largest absolute Gasteiger partial charge is 3.00 e. The summed E-state index contributed by atoms with van der Waals surface area (Å²) < 4.78 is 0. The van der Waals surface area contributed by atoms with E-state index in [1.165, 1.54) is 0 Å². The van der Waals surface area contributed by atoms with E-state index >= 15 is 0 Å². The Labute approximate surface area is 242 Å². The van der Waals surface area contributed by atoms with E-state index in [1.807, 2.05) is 0 Å². The first-order valence-electron chi connectivity index (χ1n) is 3.65. The molecule has 0 aliphatic heterocycles. The molecule has 1 atom stereocenters. The predicted octanol–water partition coefficient (Wildman–Crippen LogP) is -16.9. The van der Waals surface area contributed by atoms with Crippen molar-refractivity contribution in [2.45, 2.75) is 0 Å². The Hall–Kier alpha value is 4.25. The molecule has 1 unspecified atom stereocenters. The summed E-state index contributed by atoms with van der Waals surface area (Å²) in [4.78, 5) is 0. The fourth-order valence-corrected chi connectivity index (χ4v) is 0. The first-order valence-corrected chi connectivity index (χ1v) is 3.65.